The van der Waals surface area contributed by atoms with Gasteiger partial charge in [0.2, 0.25) is 5.91 Å². The van der Waals surface area contributed by atoms with E-state index in [0.717, 1.165) is 38.2 Å². The van der Waals surface area contributed by atoms with E-state index in [1.807, 2.05) is 17.0 Å². The smallest absolute Gasteiger partial charge is 0.227 e. The lowest BCUT2D eigenvalue weighted by Crippen LogP contribution is -2.66. The molecule has 3 rings (SSSR count). The number of hydrogen-bond acceptors (Lipinski definition) is 3. The largest absolute Gasteiger partial charge is 0.371 e. The van der Waals surface area contributed by atoms with E-state index in [-0.39, 0.29) is 11.5 Å². The van der Waals surface area contributed by atoms with Gasteiger partial charge in [0.15, 0.2) is 0 Å². The number of aryl methyl sites for hydroxylation is 1. The zero-order valence-corrected chi connectivity index (χ0v) is 14.5. The number of carbonyl (C=O) groups is 1. The van der Waals surface area contributed by atoms with Crippen LogP contribution in [-0.4, -0.2) is 61.6 Å². The van der Waals surface area contributed by atoms with Gasteiger partial charge >= 0.3 is 0 Å². The summed E-state index contributed by atoms with van der Waals surface area (Å²) >= 11 is 0. The normalized spacial score (nSPS) is 23.1. The van der Waals surface area contributed by atoms with Gasteiger partial charge in [-0.3, -0.25) is 4.79 Å². The summed E-state index contributed by atoms with van der Waals surface area (Å²) in [6, 6.07) is 8.22. The van der Waals surface area contributed by atoms with Crippen LogP contribution in [0, 0.1) is 12.8 Å². The SMILES string of the molecule is Cc1ccc(CC(=O)N2CC3(CC[C@H](CN(C)C)CO3)C2)cc1. The van der Waals surface area contributed by atoms with Gasteiger partial charge in [0.05, 0.1) is 26.1 Å². The third-order valence-corrected chi connectivity index (χ3v) is 5.04. The fraction of sp³-hybridized carbons (Fsp3) is 0.632. The molecule has 1 atom stereocenters. The molecule has 0 aliphatic carbocycles. The Morgan fingerprint density at radius 1 is 1.30 bits per heavy atom. The van der Waals surface area contributed by atoms with Crippen molar-refractivity contribution in [1.29, 1.82) is 0 Å². The highest BCUT2D eigenvalue weighted by molar-refractivity contribution is 5.80. The van der Waals surface area contributed by atoms with E-state index in [9.17, 15) is 4.79 Å². The Balaban J connectivity index is 1.45. The van der Waals surface area contributed by atoms with Gasteiger partial charge in [0.25, 0.3) is 0 Å². The first-order valence-corrected chi connectivity index (χ1v) is 8.58. The van der Waals surface area contributed by atoms with E-state index in [4.69, 9.17) is 4.74 Å². The van der Waals surface area contributed by atoms with Crippen LogP contribution < -0.4 is 0 Å². The van der Waals surface area contributed by atoms with E-state index in [1.165, 1.54) is 12.0 Å². The molecule has 2 aliphatic heterocycles. The number of likely N-dealkylation sites (tertiary alicyclic amines) is 1. The minimum absolute atomic E-state index is 0.0499. The van der Waals surface area contributed by atoms with Crippen molar-refractivity contribution in [3.05, 3.63) is 35.4 Å². The Morgan fingerprint density at radius 3 is 2.57 bits per heavy atom. The summed E-state index contributed by atoms with van der Waals surface area (Å²) in [6.07, 6.45) is 2.79. The highest BCUT2D eigenvalue weighted by Crippen LogP contribution is 2.36. The highest BCUT2D eigenvalue weighted by Gasteiger charge is 2.48. The lowest BCUT2D eigenvalue weighted by Gasteiger charge is -2.53. The summed E-state index contributed by atoms with van der Waals surface area (Å²) in [5.41, 5.74) is 2.27. The lowest BCUT2D eigenvalue weighted by atomic mass is 9.82. The van der Waals surface area contributed by atoms with Gasteiger partial charge in [-0.2, -0.15) is 0 Å². The topological polar surface area (TPSA) is 32.8 Å². The molecule has 4 heteroatoms. The molecule has 2 saturated heterocycles. The summed E-state index contributed by atoms with van der Waals surface area (Å²) in [4.78, 5) is 16.6. The maximum Gasteiger partial charge on any atom is 0.227 e. The van der Waals surface area contributed by atoms with E-state index in [0.29, 0.717) is 12.3 Å². The second-order valence-corrected chi connectivity index (χ2v) is 7.57. The number of benzene rings is 1. The summed E-state index contributed by atoms with van der Waals surface area (Å²) in [7, 11) is 4.22. The van der Waals surface area contributed by atoms with Gasteiger partial charge < -0.3 is 14.5 Å². The third-order valence-electron chi connectivity index (χ3n) is 5.04. The van der Waals surface area contributed by atoms with Crippen LogP contribution in [0.25, 0.3) is 0 Å². The van der Waals surface area contributed by atoms with Gasteiger partial charge in [-0.1, -0.05) is 29.8 Å². The molecule has 2 aliphatic rings. The Bertz CT molecular complexity index is 537. The van der Waals surface area contributed by atoms with Crippen LogP contribution in [0.4, 0.5) is 0 Å². The fourth-order valence-electron chi connectivity index (χ4n) is 3.65. The molecule has 0 aromatic heterocycles. The van der Waals surface area contributed by atoms with Crippen LogP contribution in [0.15, 0.2) is 24.3 Å². The number of carbonyl (C=O) groups excluding carboxylic acids is 1. The molecule has 0 N–H and O–H groups in total. The van der Waals surface area contributed by atoms with Crippen molar-refractivity contribution in [3.63, 3.8) is 0 Å². The summed E-state index contributed by atoms with van der Waals surface area (Å²) in [6.45, 7) is 5.53. The number of ether oxygens (including phenoxy) is 1. The van der Waals surface area contributed by atoms with Crippen molar-refractivity contribution < 1.29 is 9.53 Å². The molecule has 0 radical (unpaired) electrons. The second kappa shape index (κ2) is 6.62. The van der Waals surface area contributed by atoms with Gasteiger partial charge in [-0.25, -0.2) is 0 Å². The number of nitrogens with zero attached hydrogens (tertiary/aromatic N) is 2. The Morgan fingerprint density at radius 2 is 2.00 bits per heavy atom. The van der Waals surface area contributed by atoms with Crippen LogP contribution in [0.2, 0.25) is 0 Å². The number of rotatable bonds is 4. The van der Waals surface area contributed by atoms with E-state index in [1.54, 1.807) is 0 Å². The van der Waals surface area contributed by atoms with Crippen molar-refractivity contribution in [3.8, 4) is 0 Å². The van der Waals surface area contributed by atoms with Crippen LogP contribution >= 0.6 is 0 Å². The predicted molar refractivity (Wildman–Crippen MR) is 91.4 cm³/mol. The van der Waals surface area contributed by atoms with E-state index in [2.05, 4.69) is 38.1 Å². The Kier molecular flexibility index (Phi) is 4.74. The highest BCUT2D eigenvalue weighted by atomic mass is 16.5. The molecule has 1 aromatic carbocycles. The molecular formula is C19H28N2O2. The Hall–Kier alpha value is -1.39. The van der Waals surface area contributed by atoms with E-state index < -0.39 is 0 Å². The quantitative estimate of drug-likeness (QED) is 0.853. The molecule has 1 spiro atoms. The molecule has 2 heterocycles. The zero-order chi connectivity index (χ0) is 16.4. The fourth-order valence-corrected chi connectivity index (χ4v) is 3.65. The first-order valence-electron chi connectivity index (χ1n) is 8.58. The average Bonchev–Trinajstić information content (AvgIpc) is 2.47. The Labute approximate surface area is 139 Å². The van der Waals surface area contributed by atoms with Crippen molar-refractivity contribution in [2.24, 2.45) is 5.92 Å². The van der Waals surface area contributed by atoms with Gasteiger partial charge in [0, 0.05) is 6.54 Å². The molecule has 2 fully saturated rings. The molecule has 126 valence electrons. The molecule has 23 heavy (non-hydrogen) atoms. The monoisotopic (exact) mass is 316 g/mol. The molecule has 1 amide bonds. The van der Waals surface area contributed by atoms with Crippen LogP contribution in [0.5, 0.6) is 0 Å². The van der Waals surface area contributed by atoms with Crippen LogP contribution in [0.1, 0.15) is 24.0 Å². The maximum absolute atomic E-state index is 12.4. The summed E-state index contributed by atoms with van der Waals surface area (Å²) in [5.74, 6) is 0.853. The molecule has 1 aromatic rings. The average molecular weight is 316 g/mol. The number of amides is 1. The van der Waals surface area contributed by atoms with E-state index >= 15 is 0 Å². The van der Waals surface area contributed by atoms with Gasteiger partial charge in [0.1, 0.15) is 5.60 Å². The zero-order valence-electron chi connectivity index (χ0n) is 14.5. The van der Waals surface area contributed by atoms with Crippen LogP contribution in [0.3, 0.4) is 0 Å². The molecular weight excluding hydrogens is 288 g/mol. The maximum atomic E-state index is 12.4. The summed E-state index contributed by atoms with van der Waals surface area (Å²) in [5, 5.41) is 0. The summed E-state index contributed by atoms with van der Waals surface area (Å²) < 4.78 is 6.14. The predicted octanol–water partition coefficient (Wildman–Crippen LogP) is 2.11. The first kappa shape index (κ1) is 16.5. The van der Waals surface area contributed by atoms with Gasteiger partial charge in [-0.15, -0.1) is 0 Å². The standard InChI is InChI=1S/C19H28N2O2/c1-15-4-6-16(7-5-15)10-18(22)21-13-19(14-21)9-8-17(12-23-19)11-20(2)3/h4-7,17H,8-14H2,1-3H3/t17-/m1/s1. The minimum atomic E-state index is -0.0499. The second-order valence-electron chi connectivity index (χ2n) is 7.57. The van der Waals surface area contributed by atoms with Crippen molar-refractivity contribution in [2.45, 2.75) is 31.8 Å². The molecule has 0 bridgehead atoms. The van der Waals surface area contributed by atoms with Crippen LogP contribution in [-0.2, 0) is 16.0 Å². The third kappa shape index (κ3) is 3.93. The molecule has 0 unspecified atom stereocenters. The minimum Gasteiger partial charge on any atom is -0.371 e. The van der Waals surface area contributed by atoms with Crippen molar-refractivity contribution in [2.75, 3.05) is 40.3 Å². The first-order chi connectivity index (χ1) is 11.0. The molecule has 0 saturated carbocycles. The lowest BCUT2D eigenvalue weighted by molar-refractivity contribution is -0.189. The van der Waals surface area contributed by atoms with Gasteiger partial charge in [-0.05, 0) is 45.3 Å². The number of hydrogen-bond donors (Lipinski definition) is 0. The van der Waals surface area contributed by atoms with Crippen molar-refractivity contribution in [1.82, 2.24) is 9.80 Å². The van der Waals surface area contributed by atoms with Crippen molar-refractivity contribution >= 4 is 5.91 Å². The molecule has 4 nitrogen and oxygen atoms in total.